The predicted molar refractivity (Wildman–Crippen MR) is 67.9 cm³/mol. The third-order valence-corrected chi connectivity index (χ3v) is 3.08. The first kappa shape index (κ1) is 11.7. The molecule has 0 saturated carbocycles. The average Bonchev–Trinajstić information content (AvgIpc) is 2.73. The molecule has 0 aliphatic heterocycles. The first-order valence-corrected chi connectivity index (χ1v) is 5.79. The molecule has 90 valence electrons. The zero-order valence-electron chi connectivity index (χ0n) is 10.4. The Bertz CT molecular complexity index is 528. The van der Waals surface area contributed by atoms with Crippen molar-refractivity contribution in [2.45, 2.75) is 19.8 Å². The van der Waals surface area contributed by atoms with Crippen molar-refractivity contribution < 1.29 is 9.53 Å². The van der Waals surface area contributed by atoms with Crippen molar-refractivity contribution in [3.63, 3.8) is 0 Å². The Morgan fingerprint density at radius 2 is 2.00 bits per heavy atom. The molecule has 0 spiro atoms. The van der Waals surface area contributed by atoms with Crippen LogP contribution < -0.4 is 0 Å². The van der Waals surface area contributed by atoms with E-state index in [4.69, 9.17) is 4.74 Å². The quantitative estimate of drug-likeness (QED) is 0.825. The van der Waals surface area contributed by atoms with Crippen LogP contribution in [0.4, 0.5) is 0 Å². The number of carbonyl (C=O) groups is 1. The Morgan fingerprint density at radius 1 is 1.29 bits per heavy atom. The van der Waals surface area contributed by atoms with Crippen molar-refractivity contribution in [2.24, 2.45) is 5.92 Å². The fourth-order valence-electron chi connectivity index (χ4n) is 2.24. The molecule has 0 aliphatic rings. The van der Waals surface area contributed by atoms with E-state index in [0.717, 1.165) is 16.5 Å². The minimum absolute atomic E-state index is 0.176. The molecule has 0 saturated heterocycles. The summed E-state index contributed by atoms with van der Waals surface area (Å²) in [5, 5.41) is 1.09. The number of carbonyl (C=O) groups excluding carboxylic acids is 1. The van der Waals surface area contributed by atoms with Crippen LogP contribution in [-0.4, -0.2) is 18.1 Å². The number of methoxy groups -OCH3 is 1. The number of ether oxygens (including phenoxy) is 1. The second kappa shape index (κ2) is 4.62. The van der Waals surface area contributed by atoms with Gasteiger partial charge < -0.3 is 9.72 Å². The van der Waals surface area contributed by atoms with E-state index < -0.39 is 0 Å². The molecule has 0 aliphatic carbocycles. The first-order chi connectivity index (χ1) is 8.15. The van der Waals surface area contributed by atoms with Crippen LogP contribution in [0.3, 0.4) is 0 Å². The van der Waals surface area contributed by atoms with Crippen LogP contribution in [-0.2, 0) is 9.53 Å². The highest BCUT2D eigenvalue weighted by molar-refractivity contribution is 5.90. The van der Waals surface area contributed by atoms with Crippen molar-refractivity contribution in [3.05, 3.63) is 36.0 Å². The van der Waals surface area contributed by atoms with Gasteiger partial charge in [0, 0.05) is 17.1 Å². The van der Waals surface area contributed by atoms with Crippen LogP contribution >= 0.6 is 0 Å². The summed E-state index contributed by atoms with van der Waals surface area (Å²) in [4.78, 5) is 15.1. The lowest BCUT2D eigenvalue weighted by molar-refractivity contribution is -0.143. The Kier molecular flexibility index (Phi) is 3.18. The van der Waals surface area contributed by atoms with Crippen LogP contribution in [0.25, 0.3) is 10.9 Å². The van der Waals surface area contributed by atoms with Gasteiger partial charge in [-0.1, -0.05) is 32.0 Å². The number of benzene rings is 1. The summed E-state index contributed by atoms with van der Waals surface area (Å²) < 4.78 is 4.89. The molecule has 2 aromatic rings. The highest BCUT2D eigenvalue weighted by atomic mass is 16.5. The lowest BCUT2D eigenvalue weighted by Gasteiger charge is -2.17. The number of H-pyrrole nitrogens is 1. The van der Waals surface area contributed by atoms with Crippen LogP contribution in [0.1, 0.15) is 25.3 Å². The molecule has 1 unspecified atom stereocenters. The predicted octanol–water partition coefficient (Wildman–Crippen LogP) is 3.08. The molecule has 1 atom stereocenters. The van der Waals surface area contributed by atoms with Crippen molar-refractivity contribution in [2.75, 3.05) is 7.11 Å². The maximum Gasteiger partial charge on any atom is 0.313 e. The van der Waals surface area contributed by atoms with Gasteiger partial charge in [0.2, 0.25) is 0 Å². The SMILES string of the molecule is COC(=O)C(c1c[nH]c2ccccc12)C(C)C. The van der Waals surface area contributed by atoms with Crippen molar-refractivity contribution in [3.8, 4) is 0 Å². The number of esters is 1. The summed E-state index contributed by atoms with van der Waals surface area (Å²) in [7, 11) is 1.44. The summed E-state index contributed by atoms with van der Waals surface area (Å²) in [5.41, 5.74) is 2.07. The maximum atomic E-state index is 11.9. The molecule has 3 heteroatoms. The lowest BCUT2D eigenvalue weighted by Crippen LogP contribution is -2.19. The molecule has 1 aromatic heterocycles. The molecule has 1 N–H and O–H groups in total. The zero-order chi connectivity index (χ0) is 12.4. The fraction of sp³-hybridized carbons (Fsp3) is 0.357. The summed E-state index contributed by atoms with van der Waals surface area (Å²) in [6.45, 7) is 4.06. The molecular weight excluding hydrogens is 214 g/mol. The molecule has 2 rings (SSSR count). The van der Waals surface area contributed by atoms with Crippen LogP contribution in [0.15, 0.2) is 30.5 Å². The second-order valence-electron chi connectivity index (χ2n) is 4.53. The highest BCUT2D eigenvalue weighted by Gasteiger charge is 2.27. The molecular formula is C14H17NO2. The largest absolute Gasteiger partial charge is 0.469 e. The molecule has 17 heavy (non-hydrogen) atoms. The van der Waals surface area contributed by atoms with Gasteiger partial charge in [0.05, 0.1) is 13.0 Å². The van der Waals surface area contributed by atoms with E-state index in [-0.39, 0.29) is 17.8 Å². The summed E-state index contributed by atoms with van der Waals surface area (Å²) in [6.07, 6.45) is 1.91. The summed E-state index contributed by atoms with van der Waals surface area (Å²) >= 11 is 0. The fourth-order valence-corrected chi connectivity index (χ4v) is 2.24. The molecule has 0 radical (unpaired) electrons. The van der Waals surface area contributed by atoms with Gasteiger partial charge in [-0.25, -0.2) is 0 Å². The zero-order valence-corrected chi connectivity index (χ0v) is 10.4. The normalized spacial score (nSPS) is 12.9. The third kappa shape index (κ3) is 2.05. The molecule has 1 heterocycles. The van der Waals surface area contributed by atoms with Gasteiger partial charge in [-0.15, -0.1) is 0 Å². The summed E-state index contributed by atoms with van der Waals surface area (Å²) in [6, 6.07) is 7.99. The molecule has 0 bridgehead atoms. The van der Waals surface area contributed by atoms with Gasteiger partial charge in [0.1, 0.15) is 0 Å². The standard InChI is InChI=1S/C14H17NO2/c1-9(2)13(14(16)17-3)11-8-15-12-7-5-4-6-10(11)12/h4-9,13,15H,1-3H3. The number of aromatic nitrogens is 1. The highest BCUT2D eigenvalue weighted by Crippen LogP contribution is 2.31. The Balaban J connectivity index is 2.53. The number of para-hydroxylation sites is 1. The van der Waals surface area contributed by atoms with E-state index >= 15 is 0 Å². The number of nitrogens with one attached hydrogen (secondary N) is 1. The minimum Gasteiger partial charge on any atom is -0.469 e. The van der Waals surface area contributed by atoms with Gasteiger partial charge in [-0.2, -0.15) is 0 Å². The minimum atomic E-state index is -0.212. The van der Waals surface area contributed by atoms with Crippen molar-refractivity contribution >= 4 is 16.9 Å². The number of hydrogen-bond donors (Lipinski definition) is 1. The van der Waals surface area contributed by atoms with Gasteiger partial charge >= 0.3 is 5.97 Å². The Morgan fingerprint density at radius 3 is 2.65 bits per heavy atom. The van der Waals surface area contributed by atoms with Crippen LogP contribution in [0.5, 0.6) is 0 Å². The van der Waals surface area contributed by atoms with Crippen LogP contribution in [0.2, 0.25) is 0 Å². The smallest absolute Gasteiger partial charge is 0.313 e. The molecule has 1 aromatic carbocycles. The monoisotopic (exact) mass is 231 g/mol. The van der Waals surface area contributed by atoms with Crippen molar-refractivity contribution in [1.82, 2.24) is 4.98 Å². The van der Waals surface area contributed by atoms with Gasteiger partial charge in [0.15, 0.2) is 0 Å². The number of fused-ring (bicyclic) bond motifs is 1. The summed E-state index contributed by atoms with van der Waals surface area (Å²) in [5.74, 6) is -0.178. The van der Waals surface area contributed by atoms with Crippen LogP contribution in [0, 0.1) is 5.92 Å². The lowest BCUT2D eigenvalue weighted by atomic mass is 9.88. The van der Waals surface area contributed by atoms with E-state index in [1.165, 1.54) is 7.11 Å². The second-order valence-corrected chi connectivity index (χ2v) is 4.53. The Hall–Kier alpha value is -1.77. The average molecular weight is 231 g/mol. The van der Waals surface area contributed by atoms with Crippen molar-refractivity contribution in [1.29, 1.82) is 0 Å². The topological polar surface area (TPSA) is 42.1 Å². The first-order valence-electron chi connectivity index (χ1n) is 5.79. The van der Waals surface area contributed by atoms with E-state index in [2.05, 4.69) is 4.98 Å². The van der Waals surface area contributed by atoms with Gasteiger partial charge in [-0.3, -0.25) is 4.79 Å². The van der Waals surface area contributed by atoms with Gasteiger partial charge in [0.25, 0.3) is 0 Å². The molecule has 0 amide bonds. The number of hydrogen-bond acceptors (Lipinski definition) is 2. The Labute approximate surface area is 101 Å². The molecule has 3 nitrogen and oxygen atoms in total. The van der Waals surface area contributed by atoms with Gasteiger partial charge in [-0.05, 0) is 17.5 Å². The van der Waals surface area contributed by atoms with E-state index in [0.29, 0.717) is 0 Å². The van der Waals surface area contributed by atoms with E-state index in [1.807, 2.05) is 44.3 Å². The van der Waals surface area contributed by atoms with E-state index in [9.17, 15) is 4.79 Å². The third-order valence-electron chi connectivity index (χ3n) is 3.08. The number of rotatable bonds is 3. The maximum absolute atomic E-state index is 11.9. The van der Waals surface area contributed by atoms with E-state index in [1.54, 1.807) is 0 Å². The molecule has 0 fully saturated rings. The number of aromatic amines is 1.